The second kappa shape index (κ2) is 7.90. The Morgan fingerprint density at radius 2 is 1.72 bits per heavy atom. The third-order valence-corrected chi connectivity index (χ3v) is 4.55. The fraction of sp³-hybridized carbons (Fsp3) is 0.211. The Balaban J connectivity index is 1.57. The van der Waals surface area contributed by atoms with E-state index in [1.54, 1.807) is 7.11 Å². The van der Waals surface area contributed by atoms with Crippen molar-refractivity contribution in [2.45, 2.75) is 19.8 Å². The number of carbonyl (C=O) groups excluding carboxylic acids is 1. The molecule has 1 heterocycles. The molecule has 0 aliphatic heterocycles. The number of aryl methyl sites for hydroxylation is 1. The van der Waals surface area contributed by atoms with E-state index in [1.807, 2.05) is 55.5 Å². The van der Waals surface area contributed by atoms with Crippen molar-refractivity contribution in [3.63, 3.8) is 0 Å². The summed E-state index contributed by atoms with van der Waals surface area (Å²) in [5.74, 6) is 0.737. The molecule has 0 saturated heterocycles. The molecule has 3 rings (SSSR count). The Kier molecular flexibility index (Phi) is 5.40. The van der Waals surface area contributed by atoms with Gasteiger partial charge in [0.1, 0.15) is 10.8 Å². The molecule has 3 aromatic rings. The first-order valence-corrected chi connectivity index (χ1v) is 8.75. The molecule has 5 nitrogen and oxygen atoms in total. The summed E-state index contributed by atoms with van der Waals surface area (Å²) < 4.78 is 5.15. The van der Waals surface area contributed by atoms with Gasteiger partial charge in [0, 0.05) is 6.42 Å². The quantitative estimate of drug-likeness (QED) is 0.735. The standard InChI is InChI=1S/C19H19N3O2S/c1-13-3-5-14(6-4-13)11-17(23)20-19-22-21-18(25-19)12-15-7-9-16(24-2)10-8-15/h3-10H,11-12H2,1-2H3,(H,20,22,23). The van der Waals surface area contributed by atoms with Crippen LogP contribution in [-0.4, -0.2) is 23.2 Å². The second-order valence-electron chi connectivity index (χ2n) is 5.74. The number of nitrogens with one attached hydrogen (secondary N) is 1. The van der Waals surface area contributed by atoms with Crippen LogP contribution in [0.5, 0.6) is 5.75 Å². The number of nitrogens with zero attached hydrogens (tertiary/aromatic N) is 2. The maximum atomic E-state index is 12.1. The van der Waals surface area contributed by atoms with Crippen LogP contribution in [-0.2, 0) is 17.6 Å². The van der Waals surface area contributed by atoms with Gasteiger partial charge in [-0.1, -0.05) is 53.3 Å². The molecule has 25 heavy (non-hydrogen) atoms. The van der Waals surface area contributed by atoms with Crippen molar-refractivity contribution in [1.29, 1.82) is 0 Å². The second-order valence-corrected chi connectivity index (χ2v) is 6.80. The minimum absolute atomic E-state index is 0.0870. The van der Waals surface area contributed by atoms with Gasteiger partial charge in [0.15, 0.2) is 0 Å². The number of anilines is 1. The normalized spacial score (nSPS) is 10.5. The smallest absolute Gasteiger partial charge is 0.230 e. The molecule has 1 aromatic heterocycles. The highest BCUT2D eigenvalue weighted by atomic mass is 32.1. The maximum Gasteiger partial charge on any atom is 0.230 e. The van der Waals surface area contributed by atoms with Crippen molar-refractivity contribution in [2.75, 3.05) is 12.4 Å². The zero-order valence-corrected chi connectivity index (χ0v) is 15.0. The number of hydrogen-bond acceptors (Lipinski definition) is 5. The van der Waals surface area contributed by atoms with Crippen LogP contribution in [0.3, 0.4) is 0 Å². The fourth-order valence-corrected chi connectivity index (χ4v) is 3.14. The highest BCUT2D eigenvalue weighted by Gasteiger charge is 2.09. The number of carbonyl (C=O) groups is 1. The van der Waals surface area contributed by atoms with Gasteiger partial charge in [-0.15, -0.1) is 10.2 Å². The SMILES string of the molecule is COc1ccc(Cc2nnc(NC(=O)Cc3ccc(C)cc3)s2)cc1. The number of ether oxygens (including phenoxy) is 1. The van der Waals surface area contributed by atoms with E-state index >= 15 is 0 Å². The Morgan fingerprint density at radius 3 is 2.40 bits per heavy atom. The van der Waals surface area contributed by atoms with Crippen molar-refractivity contribution in [3.8, 4) is 5.75 Å². The highest BCUT2D eigenvalue weighted by molar-refractivity contribution is 7.15. The van der Waals surface area contributed by atoms with E-state index in [4.69, 9.17) is 4.74 Å². The van der Waals surface area contributed by atoms with Gasteiger partial charge in [-0.05, 0) is 30.2 Å². The van der Waals surface area contributed by atoms with E-state index in [1.165, 1.54) is 16.9 Å². The lowest BCUT2D eigenvalue weighted by molar-refractivity contribution is -0.115. The topological polar surface area (TPSA) is 64.1 Å². The van der Waals surface area contributed by atoms with E-state index in [2.05, 4.69) is 15.5 Å². The van der Waals surface area contributed by atoms with E-state index in [-0.39, 0.29) is 5.91 Å². The number of methoxy groups -OCH3 is 1. The van der Waals surface area contributed by atoms with Crippen molar-refractivity contribution < 1.29 is 9.53 Å². The summed E-state index contributed by atoms with van der Waals surface area (Å²) in [4.78, 5) is 12.1. The largest absolute Gasteiger partial charge is 0.497 e. The molecule has 0 aliphatic rings. The van der Waals surface area contributed by atoms with Gasteiger partial charge in [-0.25, -0.2) is 0 Å². The monoisotopic (exact) mass is 353 g/mol. The first-order valence-electron chi connectivity index (χ1n) is 7.93. The molecule has 2 aromatic carbocycles. The van der Waals surface area contributed by atoms with Gasteiger partial charge in [-0.3, -0.25) is 4.79 Å². The van der Waals surface area contributed by atoms with Crippen molar-refractivity contribution in [3.05, 3.63) is 70.2 Å². The molecule has 0 radical (unpaired) electrons. The molecular formula is C19H19N3O2S. The Morgan fingerprint density at radius 1 is 1.04 bits per heavy atom. The van der Waals surface area contributed by atoms with E-state index in [0.29, 0.717) is 18.0 Å². The number of benzene rings is 2. The van der Waals surface area contributed by atoms with E-state index in [0.717, 1.165) is 21.9 Å². The van der Waals surface area contributed by atoms with E-state index < -0.39 is 0 Å². The molecule has 128 valence electrons. The minimum Gasteiger partial charge on any atom is -0.497 e. The van der Waals surface area contributed by atoms with Crippen LogP contribution in [0.15, 0.2) is 48.5 Å². The molecule has 1 amide bonds. The summed E-state index contributed by atoms with van der Waals surface area (Å²) in [7, 11) is 1.64. The first kappa shape index (κ1) is 17.1. The van der Waals surface area contributed by atoms with Crippen LogP contribution >= 0.6 is 11.3 Å². The van der Waals surface area contributed by atoms with Crippen LogP contribution in [0.25, 0.3) is 0 Å². The van der Waals surface area contributed by atoms with E-state index in [9.17, 15) is 4.79 Å². The lowest BCUT2D eigenvalue weighted by atomic mass is 10.1. The molecule has 0 fully saturated rings. The highest BCUT2D eigenvalue weighted by Crippen LogP contribution is 2.20. The summed E-state index contributed by atoms with van der Waals surface area (Å²) in [6.07, 6.45) is 1.00. The summed E-state index contributed by atoms with van der Waals surface area (Å²) in [6, 6.07) is 15.8. The van der Waals surface area contributed by atoms with Crippen LogP contribution in [0.1, 0.15) is 21.7 Å². The van der Waals surface area contributed by atoms with Gasteiger partial charge in [0.25, 0.3) is 0 Å². The van der Waals surface area contributed by atoms with Gasteiger partial charge < -0.3 is 10.1 Å². The van der Waals surface area contributed by atoms with Gasteiger partial charge in [0.2, 0.25) is 11.0 Å². The Hall–Kier alpha value is -2.73. The zero-order valence-electron chi connectivity index (χ0n) is 14.2. The molecule has 0 unspecified atom stereocenters. The molecule has 0 spiro atoms. The lowest BCUT2D eigenvalue weighted by Crippen LogP contribution is -2.14. The van der Waals surface area contributed by atoms with Crippen molar-refractivity contribution >= 4 is 22.4 Å². The third kappa shape index (κ3) is 4.87. The van der Waals surface area contributed by atoms with Gasteiger partial charge in [0.05, 0.1) is 13.5 Å². The predicted octanol–water partition coefficient (Wildman–Crippen LogP) is 3.63. The van der Waals surface area contributed by atoms with Crippen LogP contribution in [0.2, 0.25) is 0 Å². The number of hydrogen-bond donors (Lipinski definition) is 1. The zero-order chi connectivity index (χ0) is 17.6. The predicted molar refractivity (Wildman–Crippen MR) is 99.2 cm³/mol. The summed E-state index contributed by atoms with van der Waals surface area (Å²) in [6.45, 7) is 2.02. The van der Waals surface area contributed by atoms with Gasteiger partial charge in [-0.2, -0.15) is 0 Å². The third-order valence-electron chi connectivity index (χ3n) is 3.71. The van der Waals surface area contributed by atoms with Crippen molar-refractivity contribution in [2.24, 2.45) is 0 Å². The molecule has 0 atom stereocenters. The molecule has 0 saturated carbocycles. The van der Waals surface area contributed by atoms with Crippen molar-refractivity contribution in [1.82, 2.24) is 10.2 Å². The fourth-order valence-electron chi connectivity index (χ4n) is 2.35. The number of rotatable bonds is 6. The van der Waals surface area contributed by atoms with Crippen LogP contribution in [0.4, 0.5) is 5.13 Å². The average molecular weight is 353 g/mol. The Bertz CT molecular complexity index is 842. The molecular weight excluding hydrogens is 334 g/mol. The molecule has 1 N–H and O–H groups in total. The average Bonchev–Trinajstić information content (AvgIpc) is 3.04. The minimum atomic E-state index is -0.0870. The summed E-state index contributed by atoms with van der Waals surface area (Å²) in [5, 5.41) is 12.4. The number of amides is 1. The number of aromatic nitrogens is 2. The molecule has 0 bridgehead atoms. The lowest BCUT2D eigenvalue weighted by Gasteiger charge is -2.02. The van der Waals surface area contributed by atoms with Crippen LogP contribution < -0.4 is 10.1 Å². The first-order chi connectivity index (χ1) is 12.1. The molecule has 0 aliphatic carbocycles. The van der Waals surface area contributed by atoms with Crippen LogP contribution in [0, 0.1) is 6.92 Å². The molecule has 6 heteroatoms. The summed E-state index contributed by atoms with van der Waals surface area (Å²) in [5.41, 5.74) is 3.28. The summed E-state index contributed by atoms with van der Waals surface area (Å²) >= 11 is 1.39. The maximum absolute atomic E-state index is 12.1. The van der Waals surface area contributed by atoms with Gasteiger partial charge >= 0.3 is 0 Å². The Labute approximate surface area is 150 Å².